The van der Waals surface area contributed by atoms with Crippen LogP contribution in [-0.4, -0.2) is 58.1 Å². The van der Waals surface area contributed by atoms with Crippen LogP contribution in [0.1, 0.15) is 26.2 Å². The van der Waals surface area contributed by atoms with E-state index >= 15 is 0 Å². The van der Waals surface area contributed by atoms with Gasteiger partial charge in [-0.15, -0.1) is 0 Å². The lowest BCUT2D eigenvalue weighted by atomic mass is 10.1. The Kier molecular flexibility index (Phi) is 13.2. The van der Waals surface area contributed by atoms with Crippen LogP contribution in [0.15, 0.2) is 5.11 Å². The fourth-order valence-corrected chi connectivity index (χ4v) is 1.47. The summed E-state index contributed by atoms with van der Waals surface area (Å²) in [5.41, 5.74) is 8.13. The first-order chi connectivity index (χ1) is 10.7. The van der Waals surface area contributed by atoms with E-state index in [1.165, 1.54) is 0 Å². The fourth-order valence-electron chi connectivity index (χ4n) is 1.47. The van der Waals surface area contributed by atoms with Crippen molar-refractivity contribution in [3.8, 4) is 0 Å². The van der Waals surface area contributed by atoms with Gasteiger partial charge in [-0.3, -0.25) is 4.79 Å². The number of methoxy groups -OCH3 is 1. The molecule has 0 saturated heterocycles. The summed E-state index contributed by atoms with van der Waals surface area (Å²) in [6, 6.07) is 0. The van der Waals surface area contributed by atoms with Gasteiger partial charge in [-0.2, -0.15) is 0 Å². The number of nitrogens with zero attached hydrogens (tertiary/aromatic N) is 3. The molecular weight excluding hydrogens is 294 g/mol. The van der Waals surface area contributed by atoms with Gasteiger partial charge in [-0.25, -0.2) is 4.79 Å². The van der Waals surface area contributed by atoms with Crippen molar-refractivity contribution in [2.24, 2.45) is 5.11 Å². The predicted molar refractivity (Wildman–Crippen MR) is 77.1 cm³/mol. The average molecular weight is 317 g/mol. The van der Waals surface area contributed by atoms with Crippen molar-refractivity contribution in [2.75, 3.05) is 40.3 Å². The van der Waals surface area contributed by atoms with E-state index < -0.39 is 12.1 Å². The van der Waals surface area contributed by atoms with Crippen molar-refractivity contribution in [1.29, 1.82) is 0 Å². The molecule has 0 aliphatic carbocycles. The van der Waals surface area contributed by atoms with Crippen molar-refractivity contribution in [3.63, 3.8) is 0 Å². The maximum atomic E-state index is 11.7. The molecular formula is C13H23N3O6. The van der Waals surface area contributed by atoms with Gasteiger partial charge in [0, 0.05) is 31.4 Å². The zero-order valence-corrected chi connectivity index (χ0v) is 13.0. The van der Waals surface area contributed by atoms with Crippen molar-refractivity contribution in [1.82, 2.24) is 0 Å². The van der Waals surface area contributed by atoms with Crippen molar-refractivity contribution >= 4 is 11.8 Å². The van der Waals surface area contributed by atoms with Gasteiger partial charge in [0.1, 0.15) is 12.6 Å². The monoisotopic (exact) mass is 317 g/mol. The number of carbonyl (C=O) groups is 2. The van der Waals surface area contributed by atoms with E-state index in [0.29, 0.717) is 13.2 Å². The van der Waals surface area contributed by atoms with Crippen LogP contribution < -0.4 is 0 Å². The van der Waals surface area contributed by atoms with Crippen LogP contribution >= 0.6 is 0 Å². The number of carbonyl (C=O) groups excluding carboxylic acids is 2. The lowest BCUT2D eigenvalue weighted by molar-refractivity contribution is -0.168. The molecule has 0 aromatic heterocycles. The molecule has 0 heterocycles. The Labute approximate surface area is 129 Å². The zero-order chi connectivity index (χ0) is 16.6. The van der Waals surface area contributed by atoms with E-state index in [1.807, 2.05) is 0 Å². The summed E-state index contributed by atoms with van der Waals surface area (Å²) >= 11 is 0. The summed E-state index contributed by atoms with van der Waals surface area (Å²) in [6.45, 7) is 2.71. The lowest BCUT2D eigenvalue weighted by Gasteiger charge is -2.16. The molecule has 0 fully saturated rings. The van der Waals surface area contributed by atoms with Crippen LogP contribution in [0, 0.1) is 0 Å². The third kappa shape index (κ3) is 11.0. The second kappa shape index (κ2) is 14.3. The summed E-state index contributed by atoms with van der Waals surface area (Å²) in [5.74, 6) is -0.633. The van der Waals surface area contributed by atoms with Gasteiger partial charge in [0.15, 0.2) is 6.10 Å². The summed E-state index contributed by atoms with van der Waals surface area (Å²) in [4.78, 5) is 25.9. The molecule has 9 heteroatoms. The van der Waals surface area contributed by atoms with Gasteiger partial charge in [0.25, 0.3) is 0 Å². The second-order valence-corrected chi connectivity index (χ2v) is 4.21. The number of hydrogen-bond acceptors (Lipinski definition) is 7. The van der Waals surface area contributed by atoms with Crippen LogP contribution in [0.4, 0.5) is 0 Å². The summed E-state index contributed by atoms with van der Waals surface area (Å²) in [5, 5.41) is 3.29. The van der Waals surface area contributed by atoms with Crippen LogP contribution in [0.25, 0.3) is 10.4 Å². The van der Waals surface area contributed by atoms with Gasteiger partial charge in [0.2, 0.25) is 0 Å². The van der Waals surface area contributed by atoms with Crippen molar-refractivity contribution in [2.45, 2.75) is 32.3 Å². The molecule has 0 amide bonds. The molecule has 0 unspecified atom stereocenters. The van der Waals surface area contributed by atoms with E-state index in [-0.39, 0.29) is 45.0 Å². The first-order valence-electron chi connectivity index (χ1n) is 7.03. The molecule has 0 bridgehead atoms. The fraction of sp³-hybridized carbons (Fsp3) is 0.846. The number of Topliss-reactive ketones (excluding diaryl/α,β-unsaturated/α-hetero) is 1. The van der Waals surface area contributed by atoms with Gasteiger partial charge in [-0.1, -0.05) is 5.11 Å². The molecule has 0 saturated carbocycles. The molecule has 0 aromatic rings. The van der Waals surface area contributed by atoms with Gasteiger partial charge in [0.05, 0.1) is 19.8 Å². The first-order valence-corrected chi connectivity index (χ1v) is 7.03. The Morgan fingerprint density at radius 2 is 2.05 bits per heavy atom. The molecule has 126 valence electrons. The molecule has 22 heavy (non-hydrogen) atoms. The Morgan fingerprint density at radius 1 is 1.27 bits per heavy atom. The second-order valence-electron chi connectivity index (χ2n) is 4.21. The van der Waals surface area contributed by atoms with Crippen LogP contribution in [0.5, 0.6) is 0 Å². The van der Waals surface area contributed by atoms with Crippen LogP contribution in [0.2, 0.25) is 0 Å². The number of ether oxygens (including phenoxy) is 4. The van der Waals surface area contributed by atoms with E-state index in [9.17, 15) is 9.59 Å². The Balaban J connectivity index is 4.14. The SMILES string of the molecule is CCOC(=O)[C@@H](CCC(=O)CCN=[N+]=[N-])OCOCCOC. The topological polar surface area (TPSA) is 120 Å². The number of azide groups is 1. The van der Waals surface area contributed by atoms with E-state index in [4.69, 9.17) is 24.5 Å². The summed E-state index contributed by atoms with van der Waals surface area (Å²) in [7, 11) is 1.55. The molecule has 9 nitrogen and oxygen atoms in total. The van der Waals surface area contributed by atoms with E-state index in [1.54, 1.807) is 14.0 Å². The summed E-state index contributed by atoms with van der Waals surface area (Å²) in [6.07, 6.45) is -0.375. The Hall–Kier alpha value is -1.67. The molecule has 0 N–H and O–H groups in total. The zero-order valence-electron chi connectivity index (χ0n) is 13.0. The molecule has 0 radical (unpaired) electrons. The summed E-state index contributed by atoms with van der Waals surface area (Å²) < 4.78 is 20.1. The number of hydrogen-bond donors (Lipinski definition) is 0. The minimum absolute atomic E-state index is 0.0836. The standard InChI is InChI=1S/C13H23N3O6/c1-3-21-13(18)12(22-10-20-9-8-19-2)5-4-11(17)6-7-15-16-14/h12H,3-10H2,1-2H3/t12-/m1/s1. The van der Waals surface area contributed by atoms with E-state index in [2.05, 4.69) is 10.0 Å². The van der Waals surface area contributed by atoms with E-state index in [0.717, 1.165) is 0 Å². The predicted octanol–water partition coefficient (Wildman–Crippen LogP) is 1.60. The smallest absolute Gasteiger partial charge is 0.335 e. The van der Waals surface area contributed by atoms with Crippen LogP contribution in [0.3, 0.4) is 0 Å². The maximum absolute atomic E-state index is 11.7. The highest BCUT2D eigenvalue weighted by Crippen LogP contribution is 2.07. The highest BCUT2D eigenvalue weighted by molar-refractivity contribution is 5.80. The normalized spacial score (nSPS) is 11.5. The Morgan fingerprint density at radius 3 is 2.68 bits per heavy atom. The Bertz CT molecular complexity index is 371. The number of rotatable bonds is 14. The third-order valence-electron chi connectivity index (χ3n) is 2.57. The largest absolute Gasteiger partial charge is 0.464 e. The quantitative estimate of drug-likeness (QED) is 0.120. The van der Waals surface area contributed by atoms with Gasteiger partial charge < -0.3 is 18.9 Å². The minimum atomic E-state index is -0.856. The van der Waals surface area contributed by atoms with Crippen LogP contribution in [-0.2, 0) is 28.5 Å². The highest BCUT2D eigenvalue weighted by atomic mass is 16.7. The molecule has 0 aliphatic heterocycles. The van der Waals surface area contributed by atoms with Crippen molar-refractivity contribution in [3.05, 3.63) is 10.4 Å². The first kappa shape index (κ1) is 20.3. The molecule has 0 rings (SSSR count). The molecule has 0 spiro atoms. The van der Waals surface area contributed by atoms with Crippen molar-refractivity contribution < 1.29 is 28.5 Å². The highest BCUT2D eigenvalue weighted by Gasteiger charge is 2.21. The number of esters is 1. The maximum Gasteiger partial charge on any atom is 0.335 e. The number of ketones is 1. The van der Waals surface area contributed by atoms with Gasteiger partial charge >= 0.3 is 5.97 Å². The molecule has 1 atom stereocenters. The average Bonchev–Trinajstić information content (AvgIpc) is 2.50. The minimum Gasteiger partial charge on any atom is -0.464 e. The van der Waals surface area contributed by atoms with Gasteiger partial charge in [-0.05, 0) is 18.9 Å². The molecule has 0 aromatic carbocycles. The third-order valence-corrected chi connectivity index (χ3v) is 2.57. The molecule has 0 aliphatic rings. The lowest BCUT2D eigenvalue weighted by Crippen LogP contribution is -2.28.